The van der Waals surface area contributed by atoms with Crippen LogP contribution in [-0.4, -0.2) is 28.2 Å². The minimum atomic E-state index is -0.234. The first-order valence-corrected chi connectivity index (χ1v) is 7.11. The second kappa shape index (κ2) is 5.76. The molecule has 21 heavy (non-hydrogen) atoms. The van der Waals surface area contributed by atoms with Gasteiger partial charge in [0.25, 0.3) is 5.91 Å². The summed E-state index contributed by atoms with van der Waals surface area (Å²) in [7, 11) is 1.59. The van der Waals surface area contributed by atoms with E-state index in [1.165, 1.54) is 11.3 Å². The topological polar surface area (TPSA) is 79.9 Å². The summed E-state index contributed by atoms with van der Waals surface area (Å²) in [5.41, 5.74) is 1.37. The molecule has 0 aliphatic heterocycles. The van der Waals surface area contributed by atoms with Crippen LogP contribution in [0.3, 0.4) is 0 Å². The van der Waals surface area contributed by atoms with Gasteiger partial charge in [0.1, 0.15) is 5.75 Å². The summed E-state index contributed by atoms with van der Waals surface area (Å²) in [5, 5.41) is 13.0. The van der Waals surface area contributed by atoms with E-state index in [0.717, 1.165) is 5.56 Å². The van der Waals surface area contributed by atoms with Crippen LogP contribution in [0.1, 0.15) is 10.4 Å². The Bertz CT molecular complexity index is 752. The first-order valence-electron chi connectivity index (χ1n) is 6.17. The number of H-pyrrole nitrogens is 1. The molecule has 0 bridgehead atoms. The molecule has 2 aromatic heterocycles. The number of hydrogen-bond acceptors (Lipinski definition) is 5. The summed E-state index contributed by atoms with van der Waals surface area (Å²) >= 11 is 1.46. The highest BCUT2D eigenvalue weighted by atomic mass is 32.1. The van der Waals surface area contributed by atoms with Crippen LogP contribution in [0.2, 0.25) is 0 Å². The first-order chi connectivity index (χ1) is 10.3. The number of carbonyl (C=O) groups excluding carboxylic acids is 1. The van der Waals surface area contributed by atoms with Crippen molar-refractivity contribution in [3.8, 4) is 17.1 Å². The molecule has 0 atom stereocenters. The van der Waals surface area contributed by atoms with Crippen molar-refractivity contribution in [2.24, 2.45) is 0 Å². The molecule has 3 aromatic rings. The molecular formula is C14H12N4O2S. The lowest BCUT2D eigenvalue weighted by atomic mass is 10.2. The number of thiophene rings is 1. The number of aromatic nitrogens is 3. The lowest BCUT2D eigenvalue weighted by molar-refractivity contribution is 0.102. The SMILES string of the molecule is COc1ccccc1-c1nc(NC(=O)c2ccsc2)n[nH]1. The van der Waals surface area contributed by atoms with Crippen molar-refractivity contribution in [3.05, 3.63) is 46.7 Å². The highest BCUT2D eigenvalue weighted by Crippen LogP contribution is 2.27. The van der Waals surface area contributed by atoms with Gasteiger partial charge in [-0.3, -0.25) is 15.2 Å². The molecule has 0 saturated heterocycles. The molecule has 0 fully saturated rings. The largest absolute Gasteiger partial charge is 0.496 e. The van der Waals surface area contributed by atoms with Gasteiger partial charge in [-0.2, -0.15) is 16.3 Å². The molecule has 106 valence electrons. The molecule has 2 N–H and O–H groups in total. The quantitative estimate of drug-likeness (QED) is 0.776. The predicted octanol–water partition coefficient (Wildman–Crippen LogP) is 2.79. The number of rotatable bonds is 4. The van der Waals surface area contributed by atoms with Crippen LogP contribution in [0.25, 0.3) is 11.4 Å². The van der Waals surface area contributed by atoms with Gasteiger partial charge in [0.2, 0.25) is 5.95 Å². The second-order valence-electron chi connectivity index (χ2n) is 4.17. The Morgan fingerprint density at radius 1 is 1.33 bits per heavy atom. The average molecular weight is 300 g/mol. The van der Waals surface area contributed by atoms with E-state index in [-0.39, 0.29) is 11.9 Å². The zero-order valence-corrected chi connectivity index (χ0v) is 12.0. The van der Waals surface area contributed by atoms with E-state index in [4.69, 9.17) is 4.74 Å². The second-order valence-corrected chi connectivity index (χ2v) is 4.95. The Kier molecular flexibility index (Phi) is 3.65. The fourth-order valence-corrected chi connectivity index (χ4v) is 2.48. The summed E-state index contributed by atoms with van der Waals surface area (Å²) in [5.74, 6) is 1.21. The highest BCUT2D eigenvalue weighted by molar-refractivity contribution is 7.08. The molecule has 0 aliphatic carbocycles. The van der Waals surface area contributed by atoms with Crippen molar-refractivity contribution in [1.82, 2.24) is 15.2 Å². The van der Waals surface area contributed by atoms with Gasteiger partial charge in [-0.05, 0) is 23.6 Å². The third-order valence-corrected chi connectivity index (χ3v) is 3.54. The van der Waals surface area contributed by atoms with Gasteiger partial charge in [-0.25, -0.2) is 0 Å². The fourth-order valence-electron chi connectivity index (χ4n) is 1.85. The Morgan fingerprint density at radius 3 is 2.95 bits per heavy atom. The lowest BCUT2D eigenvalue weighted by Crippen LogP contribution is -2.11. The molecule has 0 unspecified atom stereocenters. The lowest BCUT2D eigenvalue weighted by Gasteiger charge is -2.04. The van der Waals surface area contributed by atoms with Crippen LogP contribution in [0.5, 0.6) is 5.75 Å². The number of aromatic amines is 1. The van der Waals surface area contributed by atoms with Gasteiger partial charge in [0.15, 0.2) is 5.82 Å². The number of anilines is 1. The van der Waals surface area contributed by atoms with E-state index in [1.54, 1.807) is 18.6 Å². The normalized spacial score (nSPS) is 10.3. The summed E-state index contributed by atoms with van der Waals surface area (Å²) < 4.78 is 5.28. The Balaban J connectivity index is 1.82. The number of amides is 1. The van der Waals surface area contributed by atoms with Crippen molar-refractivity contribution >= 4 is 23.2 Å². The number of nitrogens with one attached hydrogen (secondary N) is 2. The Labute approximate surface area is 124 Å². The number of benzene rings is 1. The zero-order chi connectivity index (χ0) is 14.7. The van der Waals surface area contributed by atoms with Crippen LogP contribution in [-0.2, 0) is 0 Å². The van der Waals surface area contributed by atoms with Crippen LogP contribution in [0.15, 0.2) is 41.1 Å². The zero-order valence-electron chi connectivity index (χ0n) is 11.2. The number of ether oxygens (including phenoxy) is 1. The highest BCUT2D eigenvalue weighted by Gasteiger charge is 2.13. The summed E-state index contributed by atoms with van der Waals surface area (Å²) in [6.07, 6.45) is 0. The molecule has 1 aromatic carbocycles. The summed E-state index contributed by atoms with van der Waals surface area (Å²) in [6.45, 7) is 0. The third-order valence-electron chi connectivity index (χ3n) is 2.86. The average Bonchev–Trinajstić information content (AvgIpc) is 3.18. The maximum atomic E-state index is 11.9. The standard InChI is InChI=1S/C14H12N4O2S/c1-20-11-5-3-2-4-10(11)12-15-14(18-17-12)16-13(19)9-6-7-21-8-9/h2-8H,1H3,(H2,15,16,17,18,19). The van der Waals surface area contributed by atoms with Crippen molar-refractivity contribution in [1.29, 1.82) is 0 Å². The van der Waals surface area contributed by atoms with Gasteiger partial charge in [-0.1, -0.05) is 12.1 Å². The number of methoxy groups -OCH3 is 1. The third kappa shape index (κ3) is 2.77. The maximum Gasteiger partial charge on any atom is 0.258 e. The van der Waals surface area contributed by atoms with E-state index >= 15 is 0 Å². The fraction of sp³-hybridized carbons (Fsp3) is 0.0714. The van der Waals surface area contributed by atoms with E-state index in [1.807, 2.05) is 29.6 Å². The number of hydrogen-bond donors (Lipinski definition) is 2. The molecule has 0 aliphatic rings. The first kappa shape index (κ1) is 13.3. The molecule has 0 saturated carbocycles. The molecule has 6 nitrogen and oxygen atoms in total. The van der Waals surface area contributed by atoms with E-state index in [9.17, 15) is 4.79 Å². The summed E-state index contributed by atoms with van der Waals surface area (Å²) in [4.78, 5) is 16.2. The van der Waals surface area contributed by atoms with Gasteiger partial charge >= 0.3 is 0 Å². The van der Waals surface area contributed by atoms with Crippen LogP contribution in [0, 0.1) is 0 Å². The molecule has 3 rings (SSSR count). The molecule has 0 radical (unpaired) electrons. The minimum Gasteiger partial charge on any atom is -0.496 e. The monoisotopic (exact) mass is 300 g/mol. The molecular weight excluding hydrogens is 288 g/mol. The minimum absolute atomic E-state index is 0.229. The van der Waals surface area contributed by atoms with Gasteiger partial charge < -0.3 is 4.74 Å². The molecule has 1 amide bonds. The maximum absolute atomic E-state index is 11.9. The van der Waals surface area contributed by atoms with Crippen LogP contribution < -0.4 is 10.1 Å². The van der Waals surface area contributed by atoms with E-state index in [0.29, 0.717) is 17.1 Å². The van der Waals surface area contributed by atoms with Gasteiger partial charge in [-0.15, -0.1) is 5.10 Å². The Morgan fingerprint density at radius 2 is 2.19 bits per heavy atom. The molecule has 0 spiro atoms. The summed E-state index contributed by atoms with van der Waals surface area (Å²) in [6, 6.07) is 9.20. The predicted molar refractivity (Wildman–Crippen MR) is 80.6 cm³/mol. The van der Waals surface area contributed by atoms with Crippen molar-refractivity contribution in [2.45, 2.75) is 0 Å². The van der Waals surface area contributed by atoms with Crippen molar-refractivity contribution < 1.29 is 9.53 Å². The van der Waals surface area contributed by atoms with Crippen LogP contribution in [0.4, 0.5) is 5.95 Å². The van der Waals surface area contributed by atoms with Gasteiger partial charge in [0.05, 0.1) is 18.2 Å². The van der Waals surface area contributed by atoms with E-state index in [2.05, 4.69) is 20.5 Å². The molecule has 7 heteroatoms. The van der Waals surface area contributed by atoms with E-state index < -0.39 is 0 Å². The number of nitrogens with zero attached hydrogens (tertiary/aromatic N) is 2. The van der Waals surface area contributed by atoms with Crippen molar-refractivity contribution in [3.63, 3.8) is 0 Å². The number of carbonyl (C=O) groups is 1. The van der Waals surface area contributed by atoms with Crippen LogP contribution >= 0.6 is 11.3 Å². The smallest absolute Gasteiger partial charge is 0.258 e. The van der Waals surface area contributed by atoms with Crippen molar-refractivity contribution in [2.75, 3.05) is 12.4 Å². The molecule has 2 heterocycles. The van der Waals surface area contributed by atoms with Gasteiger partial charge in [0, 0.05) is 5.38 Å². The Hall–Kier alpha value is -2.67. The number of para-hydroxylation sites is 1.